The fourth-order valence-corrected chi connectivity index (χ4v) is 3.22. The maximum Gasteiger partial charge on any atom is 0.254 e. The van der Waals surface area contributed by atoms with E-state index in [1.165, 1.54) is 25.1 Å². The van der Waals surface area contributed by atoms with Gasteiger partial charge >= 0.3 is 0 Å². The van der Waals surface area contributed by atoms with Crippen LogP contribution in [0.3, 0.4) is 0 Å². The molecule has 3 nitrogen and oxygen atoms in total. The molecule has 1 fully saturated rings. The smallest absolute Gasteiger partial charge is 0.254 e. The van der Waals surface area contributed by atoms with E-state index < -0.39 is 0 Å². The second kappa shape index (κ2) is 6.08. The Morgan fingerprint density at radius 2 is 2.16 bits per heavy atom. The van der Waals surface area contributed by atoms with Gasteiger partial charge in [-0.1, -0.05) is 27.2 Å². The Morgan fingerprint density at radius 1 is 1.42 bits per heavy atom. The van der Waals surface area contributed by atoms with Gasteiger partial charge in [-0.3, -0.25) is 0 Å². The van der Waals surface area contributed by atoms with Crippen molar-refractivity contribution in [3.05, 3.63) is 18.2 Å². The summed E-state index contributed by atoms with van der Waals surface area (Å²) in [5, 5.41) is 0. The monoisotopic (exact) mass is 265 g/mol. The first kappa shape index (κ1) is 14.6. The van der Waals surface area contributed by atoms with Crippen molar-refractivity contribution in [2.75, 3.05) is 0 Å². The van der Waals surface area contributed by atoms with E-state index in [4.69, 9.17) is 4.74 Å². The minimum absolute atomic E-state index is 0.427. The number of hydrogen-bond acceptors (Lipinski definition) is 1. The van der Waals surface area contributed by atoms with Crippen molar-refractivity contribution in [2.24, 2.45) is 24.8 Å². The molecule has 0 saturated heterocycles. The summed E-state index contributed by atoms with van der Waals surface area (Å²) in [6.45, 7) is 9.84. The number of ether oxygens (including phenoxy) is 1. The Labute approximate surface area is 117 Å². The number of aryl methyl sites for hydroxylation is 1. The Balaban J connectivity index is 1.97. The third-order valence-corrected chi connectivity index (χ3v) is 4.79. The molecule has 0 aromatic carbocycles. The van der Waals surface area contributed by atoms with Gasteiger partial charge in [0, 0.05) is 6.92 Å². The van der Waals surface area contributed by atoms with Crippen LogP contribution >= 0.6 is 0 Å². The fourth-order valence-electron chi connectivity index (χ4n) is 3.22. The SMILES string of the molecule is Cc1n(COC2C[C@H](C)CC[C@H]2C(C)C)cc[n+]1C. The van der Waals surface area contributed by atoms with Crippen molar-refractivity contribution in [2.45, 2.75) is 59.8 Å². The molecule has 0 bridgehead atoms. The van der Waals surface area contributed by atoms with E-state index in [0.717, 1.165) is 17.8 Å². The van der Waals surface area contributed by atoms with Crippen molar-refractivity contribution in [1.29, 1.82) is 0 Å². The summed E-state index contributed by atoms with van der Waals surface area (Å²) in [6.07, 6.45) is 8.52. The zero-order valence-electron chi connectivity index (χ0n) is 13.1. The van der Waals surface area contributed by atoms with Gasteiger partial charge in [0.2, 0.25) is 0 Å². The highest BCUT2D eigenvalue weighted by Gasteiger charge is 2.31. The Hall–Kier alpha value is -0.830. The van der Waals surface area contributed by atoms with Crippen LogP contribution in [0.5, 0.6) is 0 Å². The van der Waals surface area contributed by atoms with Gasteiger partial charge in [-0.2, -0.15) is 0 Å². The molecule has 1 heterocycles. The standard InChI is InChI=1S/C16H29N2O/c1-12(2)15-7-6-13(3)10-16(15)19-11-18-9-8-17(5)14(18)4/h8-9,12-13,15-16H,6-7,10-11H2,1-5H3/q+1/t13-,15+,16?/m1/s1. The molecule has 1 aliphatic carbocycles. The average molecular weight is 265 g/mol. The zero-order valence-corrected chi connectivity index (χ0v) is 13.1. The highest BCUT2D eigenvalue weighted by atomic mass is 16.5. The second-order valence-electron chi connectivity index (χ2n) is 6.59. The van der Waals surface area contributed by atoms with Crippen LogP contribution in [0, 0.1) is 24.7 Å². The van der Waals surface area contributed by atoms with Gasteiger partial charge in [0.15, 0.2) is 6.73 Å². The molecule has 0 N–H and O–H groups in total. The molecule has 0 radical (unpaired) electrons. The molecule has 19 heavy (non-hydrogen) atoms. The summed E-state index contributed by atoms with van der Waals surface area (Å²) in [5.41, 5.74) is 0. The molecule has 3 heteroatoms. The summed E-state index contributed by atoms with van der Waals surface area (Å²) >= 11 is 0. The summed E-state index contributed by atoms with van der Waals surface area (Å²) in [4.78, 5) is 0. The number of aromatic nitrogens is 2. The van der Waals surface area contributed by atoms with Gasteiger partial charge < -0.3 is 4.74 Å². The fraction of sp³-hybridized carbons (Fsp3) is 0.812. The van der Waals surface area contributed by atoms with Gasteiger partial charge in [0.05, 0.1) is 13.2 Å². The zero-order chi connectivity index (χ0) is 14.0. The molecule has 0 amide bonds. The van der Waals surface area contributed by atoms with Crippen LogP contribution in [0.1, 0.15) is 45.9 Å². The highest BCUT2D eigenvalue weighted by Crippen LogP contribution is 2.35. The third kappa shape index (κ3) is 3.38. The largest absolute Gasteiger partial charge is 0.338 e. The minimum atomic E-state index is 0.427. The normalized spacial score (nSPS) is 28.0. The minimum Gasteiger partial charge on any atom is -0.338 e. The predicted molar refractivity (Wildman–Crippen MR) is 76.6 cm³/mol. The van der Waals surface area contributed by atoms with Gasteiger partial charge in [0.1, 0.15) is 12.4 Å². The number of hydrogen-bond donors (Lipinski definition) is 0. The molecule has 0 spiro atoms. The molecule has 1 saturated carbocycles. The van der Waals surface area contributed by atoms with Gasteiger partial charge in [-0.05, 0) is 30.6 Å². The first-order valence-electron chi connectivity index (χ1n) is 7.62. The molecule has 1 unspecified atom stereocenters. The number of imidazole rings is 1. The van der Waals surface area contributed by atoms with E-state index >= 15 is 0 Å². The topological polar surface area (TPSA) is 18.0 Å². The molecule has 1 aliphatic rings. The molecule has 1 aromatic rings. The first-order valence-corrected chi connectivity index (χ1v) is 7.62. The Morgan fingerprint density at radius 3 is 2.74 bits per heavy atom. The van der Waals surface area contributed by atoms with E-state index in [-0.39, 0.29) is 0 Å². The predicted octanol–water partition coefficient (Wildman–Crippen LogP) is 3.06. The molecular weight excluding hydrogens is 236 g/mol. The summed E-state index contributed by atoms with van der Waals surface area (Å²) in [5.74, 6) is 3.49. The van der Waals surface area contributed by atoms with Gasteiger partial charge in [-0.25, -0.2) is 9.13 Å². The maximum absolute atomic E-state index is 6.26. The number of nitrogens with zero attached hydrogens (tertiary/aromatic N) is 2. The van der Waals surface area contributed by atoms with Crippen molar-refractivity contribution in [3.63, 3.8) is 0 Å². The Kier molecular flexibility index (Phi) is 4.67. The van der Waals surface area contributed by atoms with Crippen molar-refractivity contribution in [1.82, 2.24) is 4.57 Å². The van der Waals surface area contributed by atoms with E-state index in [1.807, 2.05) is 0 Å². The van der Waals surface area contributed by atoms with Crippen molar-refractivity contribution < 1.29 is 9.30 Å². The van der Waals surface area contributed by atoms with Crippen LogP contribution in [-0.2, 0) is 18.5 Å². The van der Waals surface area contributed by atoms with E-state index in [9.17, 15) is 0 Å². The lowest BCUT2D eigenvalue weighted by Crippen LogP contribution is -2.35. The molecule has 1 aromatic heterocycles. The van der Waals surface area contributed by atoms with Gasteiger partial charge in [0.25, 0.3) is 5.82 Å². The van der Waals surface area contributed by atoms with Crippen molar-refractivity contribution in [3.8, 4) is 0 Å². The van der Waals surface area contributed by atoms with E-state index in [1.54, 1.807) is 0 Å². The van der Waals surface area contributed by atoms with Crippen LogP contribution in [0.25, 0.3) is 0 Å². The lowest BCUT2D eigenvalue weighted by molar-refractivity contribution is -0.677. The lowest BCUT2D eigenvalue weighted by atomic mass is 9.75. The van der Waals surface area contributed by atoms with E-state index in [2.05, 4.69) is 56.3 Å². The van der Waals surface area contributed by atoms with Crippen LogP contribution in [0.2, 0.25) is 0 Å². The first-order chi connectivity index (χ1) is 8.99. The maximum atomic E-state index is 6.26. The number of rotatable bonds is 4. The summed E-state index contributed by atoms with van der Waals surface area (Å²) in [6, 6.07) is 0. The average Bonchev–Trinajstić information content (AvgIpc) is 2.67. The molecular formula is C16H29N2O+. The molecule has 0 aliphatic heterocycles. The molecule has 2 rings (SSSR count). The van der Waals surface area contributed by atoms with E-state index in [0.29, 0.717) is 12.8 Å². The summed E-state index contributed by atoms with van der Waals surface area (Å²) < 4.78 is 10.6. The highest BCUT2D eigenvalue weighted by molar-refractivity contribution is 4.82. The van der Waals surface area contributed by atoms with Crippen molar-refractivity contribution >= 4 is 0 Å². The third-order valence-electron chi connectivity index (χ3n) is 4.79. The molecule has 3 atom stereocenters. The quantitative estimate of drug-likeness (QED) is 0.765. The Bertz CT molecular complexity index is 411. The summed E-state index contributed by atoms with van der Waals surface area (Å²) in [7, 11) is 2.07. The van der Waals surface area contributed by atoms with Gasteiger partial charge in [-0.15, -0.1) is 0 Å². The molecule has 108 valence electrons. The van der Waals surface area contributed by atoms with Crippen LogP contribution in [0.4, 0.5) is 0 Å². The lowest BCUT2D eigenvalue weighted by Gasteiger charge is -2.36. The van der Waals surface area contributed by atoms with Crippen LogP contribution in [-0.4, -0.2) is 10.7 Å². The second-order valence-corrected chi connectivity index (χ2v) is 6.59. The van der Waals surface area contributed by atoms with Crippen LogP contribution in [0.15, 0.2) is 12.4 Å². The van der Waals surface area contributed by atoms with Crippen LogP contribution < -0.4 is 4.57 Å².